The zero-order chi connectivity index (χ0) is 12.5. The number of nitrogens with two attached hydrogens (primary N) is 1. The Hall–Kier alpha value is -2.02. The Morgan fingerprint density at radius 1 is 1.53 bits per heavy atom. The molecule has 7 nitrogen and oxygen atoms in total. The van der Waals surface area contributed by atoms with Gasteiger partial charge in [0.2, 0.25) is 5.89 Å². The fraction of sp³-hybridized carbons (Fsp3) is 0.400. The average Bonchev–Trinajstić information content (AvgIpc) is 2.69. The SMILES string of the molecule is CC(C)(N)c1noc(Cn2cnccc2=O)n1. The van der Waals surface area contributed by atoms with Crippen LogP contribution in [0.5, 0.6) is 0 Å². The molecule has 0 aliphatic heterocycles. The van der Waals surface area contributed by atoms with Crippen LogP contribution in [0.4, 0.5) is 0 Å². The molecule has 0 amide bonds. The van der Waals surface area contributed by atoms with Gasteiger partial charge in [0, 0.05) is 12.3 Å². The quantitative estimate of drug-likeness (QED) is 0.795. The molecule has 0 bridgehead atoms. The summed E-state index contributed by atoms with van der Waals surface area (Å²) in [5.74, 6) is 0.734. The second-order valence-electron chi connectivity index (χ2n) is 4.28. The maximum atomic E-state index is 11.4. The maximum Gasteiger partial charge on any atom is 0.253 e. The summed E-state index contributed by atoms with van der Waals surface area (Å²) in [4.78, 5) is 19.4. The summed E-state index contributed by atoms with van der Waals surface area (Å²) in [7, 11) is 0. The lowest BCUT2D eigenvalue weighted by atomic mass is 10.1. The topological polar surface area (TPSA) is 99.8 Å². The van der Waals surface area contributed by atoms with Gasteiger partial charge in [0.15, 0.2) is 5.82 Å². The van der Waals surface area contributed by atoms with Crippen molar-refractivity contribution in [3.05, 3.63) is 40.7 Å². The van der Waals surface area contributed by atoms with Crippen molar-refractivity contribution in [3.8, 4) is 0 Å². The molecule has 2 aromatic rings. The smallest absolute Gasteiger partial charge is 0.253 e. The van der Waals surface area contributed by atoms with Crippen LogP contribution in [0.1, 0.15) is 25.6 Å². The highest BCUT2D eigenvalue weighted by molar-refractivity contribution is 4.99. The van der Waals surface area contributed by atoms with Crippen LogP contribution in [0, 0.1) is 0 Å². The highest BCUT2D eigenvalue weighted by Gasteiger charge is 2.21. The van der Waals surface area contributed by atoms with E-state index >= 15 is 0 Å². The van der Waals surface area contributed by atoms with Gasteiger partial charge in [0.25, 0.3) is 5.56 Å². The van der Waals surface area contributed by atoms with Gasteiger partial charge in [0.1, 0.15) is 6.54 Å². The molecule has 0 saturated heterocycles. The molecule has 90 valence electrons. The van der Waals surface area contributed by atoms with E-state index in [1.807, 2.05) is 0 Å². The van der Waals surface area contributed by atoms with Crippen molar-refractivity contribution in [2.45, 2.75) is 25.9 Å². The molecule has 0 spiro atoms. The standard InChI is InChI=1S/C10H13N5O2/c1-10(2,11)9-13-7(17-14-9)5-15-6-12-4-3-8(15)16/h3-4,6H,5,11H2,1-2H3. The van der Waals surface area contributed by atoms with Crippen molar-refractivity contribution in [2.75, 3.05) is 0 Å². The molecule has 0 aromatic carbocycles. The van der Waals surface area contributed by atoms with Crippen molar-refractivity contribution in [1.29, 1.82) is 0 Å². The molecule has 0 unspecified atom stereocenters. The summed E-state index contributed by atoms with van der Waals surface area (Å²) in [6.45, 7) is 3.74. The Bertz CT molecular complexity index is 566. The minimum atomic E-state index is -0.665. The average molecular weight is 235 g/mol. The first-order valence-electron chi connectivity index (χ1n) is 5.09. The van der Waals surface area contributed by atoms with E-state index in [9.17, 15) is 4.79 Å². The van der Waals surface area contributed by atoms with Crippen molar-refractivity contribution in [3.63, 3.8) is 0 Å². The van der Waals surface area contributed by atoms with Crippen LogP contribution in [-0.2, 0) is 12.1 Å². The van der Waals surface area contributed by atoms with Gasteiger partial charge in [-0.3, -0.25) is 9.36 Å². The number of hydrogen-bond acceptors (Lipinski definition) is 6. The van der Waals surface area contributed by atoms with Crippen LogP contribution in [-0.4, -0.2) is 19.7 Å². The number of aromatic nitrogens is 4. The Morgan fingerprint density at radius 3 is 2.88 bits per heavy atom. The van der Waals surface area contributed by atoms with Crippen LogP contribution in [0.25, 0.3) is 0 Å². The molecular formula is C10H13N5O2. The first kappa shape index (κ1) is 11.5. The van der Waals surface area contributed by atoms with Crippen LogP contribution < -0.4 is 11.3 Å². The third-order valence-corrected chi connectivity index (χ3v) is 2.14. The highest BCUT2D eigenvalue weighted by atomic mass is 16.5. The lowest BCUT2D eigenvalue weighted by molar-refractivity contribution is 0.353. The third kappa shape index (κ3) is 2.56. The molecule has 0 atom stereocenters. The maximum absolute atomic E-state index is 11.4. The van der Waals surface area contributed by atoms with Gasteiger partial charge < -0.3 is 10.3 Å². The van der Waals surface area contributed by atoms with Crippen molar-refractivity contribution < 1.29 is 4.52 Å². The van der Waals surface area contributed by atoms with E-state index in [-0.39, 0.29) is 12.1 Å². The van der Waals surface area contributed by atoms with E-state index in [0.29, 0.717) is 11.7 Å². The van der Waals surface area contributed by atoms with Crippen molar-refractivity contribution >= 4 is 0 Å². The van der Waals surface area contributed by atoms with E-state index < -0.39 is 5.54 Å². The van der Waals surface area contributed by atoms with E-state index in [0.717, 1.165) is 0 Å². The zero-order valence-electron chi connectivity index (χ0n) is 9.62. The molecule has 0 radical (unpaired) electrons. The predicted octanol–water partition coefficient (Wildman–Crippen LogP) is -0.132. The Kier molecular flexibility index (Phi) is 2.76. The summed E-state index contributed by atoms with van der Waals surface area (Å²) in [5, 5.41) is 3.77. The summed E-state index contributed by atoms with van der Waals surface area (Å²) in [5.41, 5.74) is 4.99. The van der Waals surface area contributed by atoms with Gasteiger partial charge >= 0.3 is 0 Å². The summed E-state index contributed by atoms with van der Waals surface area (Å²) in [6.07, 6.45) is 2.85. The molecule has 0 fully saturated rings. The molecule has 0 aliphatic rings. The zero-order valence-corrected chi connectivity index (χ0v) is 9.62. The lowest BCUT2D eigenvalue weighted by Crippen LogP contribution is -2.30. The van der Waals surface area contributed by atoms with Gasteiger partial charge in [-0.1, -0.05) is 5.16 Å². The number of rotatable bonds is 3. The second-order valence-corrected chi connectivity index (χ2v) is 4.28. The largest absolute Gasteiger partial charge is 0.337 e. The van der Waals surface area contributed by atoms with Gasteiger partial charge in [0.05, 0.1) is 11.9 Å². The van der Waals surface area contributed by atoms with Crippen LogP contribution in [0.3, 0.4) is 0 Å². The molecule has 7 heteroatoms. The fourth-order valence-electron chi connectivity index (χ4n) is 1.22. The molecule has 2 heterocycles. The van der Waals surface area contributed by atoms with Gasteiger partial charge in [-0.15, -0.1) is 0 Å². The fourth-order valence-corrected chi connectivity index (χ4v) is 1.22. The van der Waals surface area contributed by atoms with Gasteiger partial charge in [-0.05, 0) is 13.8 Å². The van der Waals surface area contributed by atoms with Crippen LogP contribution in [0.2, 0.25) is 0 Å². The predicted molar refractivity (Wildman–Crippen MR) is 59.1 cm³/mol. The Balaban J connectivity index is 2.24. The highest BCUT2D eigenvalue weighted by Crippen LogP contribution is 2.12. The third-order valence-electron chi connectivity index (χ3n) is 2.14. The van der Waals surface area contributed by atoms with E-state index in [2.05, 4.69) is 15.1 Å². The Morgan fingerprint density at radius 2 is 2.29 bits per heavy atom. The minimum Gasteiger partial charge on any atom is -0.337 e. The van der Waals surface area contributed by atoms with Crippen LogP contribution >= 0.6 is 0 Å². The van der Waals surface area contributed by atoms with Crippen molar-refractivity contribution in [1.82, 2.24) is 19.7 Å². The number of hydrogen-bond donors (Lipinski definition) is 1. The lowest BCUT2D eigenvalue weighted by Gasteiger charge is -2.11. The second kappa shape index (κ2) is 4.10. The minimum absolute atomic E-state index is 0.174. The normalized spacial score (nSPS) is 11.7. The number of nitrogens with zero attached hydrogens (tertiary/aromatic N) is 4. The summed E-state index contributed by atoms with van der Waals surface area (Å²) < 4.78 is 6.40. The van der Waals surface area contributed by atoms with Crippen molar-refractivity contribution in [2.24, 2.45) is 5.73 Å². The van der Waals surface area contributed by atoms with Gasteiger partial charge in [-0.2, -0.15) is 4.98 Å². The van der Waals surface area contributed by atoms with E-state index in [1.54, 1.807) is 13.8 Å². The molecule has 2 N–H and O–H groups in total. The van der Waals surface area contributed by atoms with E-state index in [1.165, 1.54) is 23.2 Å². The summed E-state index contributed by atoms with van der Waals surface area (Å²) >= 11 is 0. The molecule has 0 saturated carbocycles. The monoisotopic (exact) mass is 235 g/mol. The molecule has 17 heavy (non-hydrogen) atoms. The Labute approximate surface area is 97.3 Å². The first-order valence-corrected chi connectivity index (χ1v) is 5.09. The first-order chi connectivity index (χ1) is 7.97. The van der Waals surface area contributed by atoms with Crippen LogP contribution in [0.15, 0.2) is 27.9 Å². The van der Waals surface area contributed by atoms with Gasteiger partial charge in [-0.25, -0.2) is 4.98 Å². The molecule has 0 aliphatic carbocycles. The summed E-state index contributed by atoms with van der Waals surface area (Å²) in [6, 6.07) is 1.37. The molecule has 2 aromatic heterocycles. The molecule has 2 rings (SSSR count). The molecular weight excluding hydrogens is 222 g/mol. The van der Waals surface area contributed by atoms with E-state index in [4.69, 9.17) is 10.3 Å².